The Kier molecular flexibility index (Phi) is 3.20. The number of aromatic hydroxyl groups is 2. The van der Waals surface area contributed by atoms with Crippen LogP contribution >= 0.6 is 0 Å². The van der Waals surface area contributed by atoms with Crippen molar-refractivity contribution in [3.63, 3.8) is 0 Å². The predicted octanol–water partition coefficient (Wildman–Crippen LogP) is -0.775. The van der Waals surface area contributed by atoms with Gasteiger partial charge in [0.2, 0.25) is 5.70 Å². The summed E-state index contributed by atoms with van der Waals surface area (Å²) in [5.41, 5.74) is 17.9. The highest BCUT2D eigenvalue weighted by Crippen LogP contribution is 2.54. The van der Waals surface area contributed by atoms with Gasteiger partial charge in [0.25, 0.3) is 5.69 Å². The molecule has 0 unspecified atom stereocenters. The van der Waals surface area contributed by atoms with Crippen LogP contribution in [-0.4, -0.2) is 51.0 Å². The number of hydrogen-bond donors (Lipinski definition) is 6. The molecule has 2 atom stereocenters. The minimum absolute atomic E-state index is 0.00149. The summed E-state index contributed by atoms with van der Waals surface area (Å²) in [7, 11) is 0. The van der Waals surface area contributed by atoms with Crippen molar-refractivity contribution in [2.45, 2.75) is 19.1 Å². The molecule has 23 heavy (non-hydrogen) atoms. The summed E-state index contributed by atoms with van der Waals surface area (Å²) >= 11 is 0. The highest BCUT2D eigenvalue weighted by Gasteiger charge is 2.50. The quantitative estimate of drug-likeness (QED) is 0.180. The second-order valence-electron chi connectivity index (χ2n) is 5.47. The minimum atomic E-state index is -1.09. The summed E-state index contributed by atoms with van der Waals surface area (Å²) in [5.74, 6) is -0.422. The first-order chi connectivity index (χ1) is 10.8. The summed E-state index contributed by atoms with van der Waals surface area (Å²) in [6.07, 6.45) is -0.595. The van der Waals surface area contributed by atoms with Crippen molar-refractivity contribution in [1.82, 2.24) is 0 Å². The monoisotopic (exact) mass is 321 g/mol. The van der Waals surface area contributed by atoms with Gasteiger partial charge in [-0.3, -0.25) is 0 Å². The van der Waals surface area contributed by atoms with Crippen molar-refractivity contribution in [2.24, 2.45) is 11.5 Å². The number of nitrogens with two attached hydrogens (primary N) is 3. The largest absolute Gasteiger partial charge is 0.505 e. The third kappa shape index (κ3) is 1.94. The molecule has 1 aromatic rings. The lowest BCUT2D eigenvalue weighted by molar-refractivity contribution is -0.375. The van der Waals surface area contributed by atoms with Gasteiger partial charge in [-0.15, -0.1) is 0 Å². The number of anilines is 1. The first-order valence-corrected chi connectivity index (χ1v) is 6.83. The van der Waals surface area contributed by atoms with E-state index in [9.17, 15) is 20.1 Å². The standard InChI is InChI=1S/C14H16N4O5/c1-4-8(16)13(21)7-5(3-23-14(17)22)9-12(20)6(15)2-18(9)10(7)11(4)19/h2,6,12,20H,3,15-16H2,1H3,(H3-,17,19,21,22)/p+1/t6-,12-/m0/s1. The molecule has 0 saturated heterocycles. The van der Waals surface area contributed by atoms with E-state index in [-0.39, 0.29) is 40.6 Å². The fourth-order valence-electron chi connectivity index (χ4n) is 2.96. The minimum Gasteiger partial charge on any atom is -0.505 e. The van der Waals surface area contributed by atoms with Crippen LogP contribution in [0.4, 0.5) is 16.2 Å². The predicted molar refractivity (Wildman–Crippen MR) is 81.3 cm³/mol. The number of ether oxygens (including phenoxy) is 1. The molecule has 2 aliphatic heterocycles. The molecule has 2 heterocycles. The van der Waals surface area contributed by atoms with Crippen molar-refractivity contribution in [3.8, 4) is 11.5 Å². The molecule has 1 amide bonds. The van der Waals surface area contributed by atoms with Gasteiger partial charge in [0.05, 0.1) is 11.3 Å². The number of phenolic OH excluding ortho intramolecular Hbond substituents is 2. The number of primary amides is 1. The second kappa shape index (κ2) is 4.86. The highest BCUT2D eigenvalue weighted by atomic mass is 16.5. The van der Waals surface area contributed by atoms with Gasteiger partial charge in [0.1, 0.15) is 18.2 Å². The number of phenols is 2. The van der Waals surface area contributed by atoms with Crippen LogP contribution in [0.1, 0.15) is 11.1 Å². The fraction of sp³-hybridized carbons (Fsp3) is 0.286. The Labute approximate surface area is 130 Å². The van der Waals surface area contributed by atoms with E-state index in [1.54, 1.807) is 6.92 Å². The van der Waals surface area contributed by atoms with E-state index in [0.717, 1.165) is 0 Å². The van der Waals surface area contributed by atoms with Gasteiger partial charge >= 0.3 is 6.09 Å². The van der Waals surface area contributed by atoms with Gasteiger partial charge in [-0.05, 0) is 6.92 Å². The van der Waals surface area contributed by atoms with E-state index in [0.29, 0.717) is 11.3 Å². The summed E-state index contributed by atoms with van der Waals surface area (Å²) in [4.78, 5) is 10.9. The zero-order valence-corrected chi connectivity index (χ0v) is 12.3. The molecule has 122 valence electrons. The maximum atomic E-state index is 10.9. The molecule has 3 rings (SSSR count). The molecule has 0 fully saturated rings. The third-order valence-corrected chi connectivity index (χ3v) is 4.15. The molecule has 0 radical (unpaired) electrons. The maximum absolute atomic E-state index is 10.9. The van der Waals surface area contributed by atoms with Crippen LogP contribution in [0.2, 0.25) is 0 Å². The first-order valence-electron chi connectivity index (χ1n) is 6.83. The number of amides is 1. The van der Waals surface area contributed by atoms with Crippen LogP contribution in [0.15, 0.2) is 5.70 Å². The highest BCUT2D eigenvalue weighted by molar-refractivity contribution is 5.93. The fourth-order valence-corrected chi connectivity index (χ4v) is 2.96. The molecule has 1 aromatic carbocycles. The molecule has 9 heteroatoms. The SMILES string of the molecule is Cc1c(N)c(O)c2c(c1O)[N+]1=C[C@H](N)[C@H](O)C1=C2COC(N)=O. The van der Waals surface area contributed by atoms with Crippen molar-refractivity contribution in [3.05, 3.63) is 16.8 Å². The van der Waals surface area contributed by atoms with E-state index >= 15 is 0 Å². The van der Waals surface area contributed by atoms with Gasteiger partial charge in [-0.2, -0.15) is 4.58 Å². The Morgan fingerprint density at radius 1 is 1.39 bits per heavy atom. The Hall–Kier alpha value is -2.78. The molecule has 0 saturated carbocycles. The summed E-state index contributed by atoms with van der Waals surface area (Å²) in [6, 6.07) is -0.707. The zero-order valence-electron chi connectivity index (χ0n) is 12.3. The topological polar surface area (TPSA) is 168 Å². The van der Waals surface area contributed by atoms with Crippen LogP contribution in [0.25, 0.3) is 5.57 Å². The summed E-state index contributed by atoms with van der Waals surface area (Å²) in [6.45, 7) is 1.25. The molecule has 0 aromatic heterocycles. The van der Waals surface area contributed by atoms with Crippen molar-refractivity contribution < 1.29 is 29.4 Å². The number of nitrogen functional groups attached to an aromatic ring is 1. The Balaban J connectivity index is 2.29. The zero-order chi connectivity index (χ0) is 17.0. The number of carbonyl (C=O) groups is 1. The van der Waals surface area contributed by atoms with Crippen LogP contribution in [0.5, 0.6) is 11.5 Å². The molecule has 0 bridgehead atoms. The van der Waals surface area contributed by atoms with Gasteiger partial charge in [0.15, 0.2) is 23.8 Å². The van der Waals surface area contributed by atoms with Gasteiger partial charge in [-0.1, -0.05) is 0 Å². The molecular formula is C14H17N4O5+. The van der Waals surface area contributed by atoms with Crippen LogP contribution < -0.4 is 17.2 Å². The Morgan fingerprint density at radius 3 is 2.65 bits per heavy atom. The average Bonchev–Trinajstić information content (AvgIpc) is 2.96. The molecule has 2 aliphatic rings. The number of hydrogen-bond acceptors (Lipinski definition) is 7. The Bertz CT molecular complexity index is 799. The van der Waals surface area contributed by atoms with Gasteiger partial charge < -0.3 is 37.3 Å². The van der Waals surface area contributed by atoms with E-state index in [4.69, 9.17) is 21.9 Å². The lowest BCUT2D eigenvalue weighted by Gasteiger charge is -2.11. The van der Waals surface area contributed by atoms with Crippen molar-refractivity contribution in [2.75, 3.05) is 12.3 Å². The molecule has 9 nitrogen and oxygen atoms in total. The number of nitrogens with zero attached hydrogens (tertiary/aromatic N) is 1. The van der Waals surface area contributed by atoms with Crippen molar-refractivity contribution in [1.29, 1.82) is 0 Å². The third-order valence-electron chi connectivity index (χ3n) is 4.15. The molecule has 0 spiro atoms. The van der Waals surface area contributed by atoms with E-state index < -0.39 is 18.2 Å². The summed E-state index contributed by atoms with van der Waals surface area (Å²) < 4.78 is 6.27. The normalized spacial score (nSPS) is 22.0. The number of rotatable bonds is 2. The number of carbonyl (C=O) groups excluding carboxylic acids is 1. The maximum Gasteiger partial charge on any atom is 0.404 e. The smallest absolute Gasteiger partial charge is 0.404 e. The van der Waals surface area contributed by atoms with E-state index in [1.807, 2.05) is 0 Å². The summed E-state index contributed by atoms with van der Waals surface area (Å²) in [5, 5.41) is 31.0. The lowest BCUT2D eigenvalue weighted by Crippen LogP contribution is -2.32. The van der Waals surface area contributed by atoms with E-state index in [1.165, 1.54) is 10.8 Å². The molecule has 0 aliphatic carbocycles. The lowest BCUT2D eigenvalue weighted by atomic mass is 9.98. The van der Waals surface area contributed by atoms with Crippen LogP contribution in [-0.2, 0) is 4.74 Å². The van der Waals surface area contributed by atoms with Gasteiger partial charge in [-0.25, -0.2) is 4.79 Å². The van der Waals surface area contributed by atoms with Gasteiger partial charge in [0, 0.05) is 5.56 Å². The van der Waals surface area contributed by atoms with Crippen LogP contribution in [0.3, 0.4) is 0 Å². The number of aliphatic hydroxyl groups excluding tert-OH is 1. The number of benzene rings is 1. The first kappa shape index (κ1) is 15.1. The number of aliphatic hydroxyl groups is 1. The van der Waals surface area contributed by atoms with Crippen molar-refractivity contribution >= 4 is 29.3 Å². The average molecular weight is 321 g/mol. The molecular weight excluding hydrogens is 304 g/mol. The Morgan fingerprint density at radius 2 is 2.04 bits per heavy atom. The second-order valence-corrected chi connectivity index (χ2v) is 5.47. The van der Waals surface area contributed by atoms with Crippen LogP contribution in [0, 0.1) is 6.92 Å². The molecule has 9 N–H and O–H groups in total. The number of fused-ring (bicyclic) bond motifs is 3. The van der Waals surface area contributed by atoms with E-state index in [2.05, 4.69) is 0 Å².